The number of quaternary nitrogens is 1. The van der Waals surface area contributed by atoms with E-state index in [9.17, 15) is 19.5 Å². The zero-order valence-electron chi connectivity index (χ0n) is 44.1. The predicted octanol–water partition coefficient (Wildman–Crippen LogP) is 14.9. The van der Waals surface area contributed by atoms with Crippen molar-refractivity contribution in [1.29, 1.82) is 0 Å². The lowest BCUT2D eigenvalue weighted by Gasteiger charge is -2.34. The van der Waals surface area contributed by atoms with E-state index in [0.29, 0.717) is 12.8 Å². The summed E-state index contributed by atoms with van der Waals surface area (Å²) in [6, 6.07) is -0.732. The van der Waals surface area contributed by atoms with Crippen LogP contribution in [-0.2, 0) is 28.6 Å². The van der Waals surface area contributed by atoms with E-state index >= 15 is 0 Å². The molecule has 0 amide bonds. The van der Waals surface area contributed by atoms with E-state index in [4.69, 9.17) is 14.2 Å². The minimum absolute atomic E-state index is 0.0332. The van der Waals surface area contributed by atoms with Crippen LogP contribution in [0.25, 0.3) is 0 Å². The molecule has 8 nitrogen and oxygen atoms in total. The second-order valence-corrected chi connectivity index (χ2v) is 19.4. The van der Waals surface area contributed by atoms with Gasteiger partial charge in [0.05, 0.1) is 40.3 Å². The Bertz CT molecular complexity index is 1320. The molecule has 0 aromatic carbocycles. The smallest absolute Gasteiger partial charge is 0.306 e. The maximum atomic E-state index is 12.8. The van der Waals surface area contributed by atoms with Gasteiger partial charge < -0.3 is 28.6 Å². The molecule has 2 unspecified atom stereocenters. The van der Waals surface area contributed by atoms with Gasteiger partial charge in [-0.3, -0.25) is 9.59 Å². The van der Waals surface area contributed by atoms with Gasteiger partial charge in [0.2, 0.25) is 0 Å². The fourth-order valence-electron chi connectivity index (χ4n) is 7.86. The maximum absolute atomic E-state index is 12.8. The third kappa shape index (κ3) is 47.6. The van der Waals surface area contributed by atoms with Crippen LogP contribution in [0.1, 0.15) is 232 Å². The van der Waals surface area contributed by atoms with Crippen LogP contribution in [0.5, 0.6) is 0 Å². The van der Waals surface area contributed by atoms with Crippen molar-refractivity contribution in [3.05, 3.63) is 72.9 Å². The molecule has 0 saturated carbocycles. The molecule has 0 aromatic rings. The van der Waals surface area contributed by atoms with Gasteiger partial charge in [0.25, 0.3) is 0 Å². The number of allylic oxidation sites excluding steroid dienone is 12. The molecular formula is C59H103NO7. The Morgan fingerprint density at radius 2 is 0.836 bits per heavy atom. The largest absolute Gasteiger partial charge is 0.544 e. The highest BCUT2D eigenvalue weighted by Gasteiger charge is 2.25. The Morgan fingerprint density at radius 1 is 0.463 bits per heavy atom. The van der Waals surface area contributed by atoms with E-state index in [1.807, 2.05) is 0 Å². The van der Waals surface area contributed by atoms with Crippen LogP contribution in [0.2, 0.25) is 0 Å². The lowest BCUT2D eigenvalue weighted by Crippen LogP contribution is -2.55. The van der Waals surface area contributed by atoms with Gasteiger partial charge in [0.1, 0.15) is 12.6 Å². The molecule has 0 fully saturated rings. The molecule has 0 bridgehead atoms. The Labute approximate surface area is 412 Å². The Hall–Kier alpha value is -3.23. The van der Waals surface area contributed by atoms with E-state index in [0.717, 1.165) is 77.0 Å². The second kappa shape index (κ2) is 49.2. The molecule has 0 aliphatic rings. The Balaban J connectivity index is 4.24. The molecule has 2 atom stereocenters. The summed E-state index contributed by atoms with van der Waals surface area (Å²) >= 11 is 0. The first-order valence-electron chi connectivity index (χ1n) is 27.5. The number of nitrogens with zero attached hydrogens (tertiary/aromatic N) is 1. The molecule has 0 rings (SSSR count). The average Bonchev–Trinajstić information content (AvgIpc) is 3.29. The molecule has 0 aliphatic carbocycles. The van der Waals surface area contributed by atoms with Crippen molar-refractivity contribution < 1.29 is 38.2 Å². The van der Waals surface area contributed by atoms with Crippen LogP contribution < -0.4 is 5.11 Å². The van der Waals surface area contributed by atoms with Crippen LogP contribution in [0.4, 0.5) is 0 Å². The number of rotatable bonds is 49. The maximum Gasteiger partial charge on any atom is 0.306 e. The topological polar surface area (TPSA) is 102 Å². The van der Waals surface area contributed by atoms with Gasteiger partial charge in [-0.1, -0.05) is 202 Å². The van der Waals surface area contributed by atoms with Gasteiger partial charge in [0.15, 0.2) is 6.10 Å². The number of carbonyl (C=O) groups is 3. The first-order valence-corrected chi connectivity index (χ1v) is 27.5. The van der Waals surface area contributed by atoms with Crippen molar-refractivity contribution in [1.82, 2.24) is 0 Å². The van der Waals surface area contributed by atoms with Crippen molar-refractivity contribution in [2.45, 2.75) is 244 Å². The van der Waals surface area contributed by atoms with E-state index in [2.05, 4.69) is 86.8 Å². The minimum atomic E-state index is -1.13. The minimum Gasteiger partial charge on any atom is -0.544 e. The summed E-state index contributed by atoms with van der Waals surface area (Å²) in [5.41, 5.74) is 0. The number of hydrogen-bond acceptors (Lipinski definition) is 7. The van der Waals surface area contributed by atoms with Crippen LogP contribution in [-0.4, -0.2) is 75.5 Å². The molecule has 0 aliphatic heterocycles. The van der Waals surface area contributed by atoms with Crippen LogP contribution >= 0.6 is 0 Å². The fourth-order valence-corrected chi connectivity index (χ4v) is 7.86. The highest BCUT2D eigenvalue weighted by atomic mass is 16.6. The van der Waals surface area contributed by atoms with Gasteiger partial charge in [0, 0.05) is 19.3 Å². The third-order valence-electron chi connectivity index (χ3n) is 12.1. The number of carbonyl (C=O) groups excluding carboxylic acids is 3. The number of ether oxygens (including phenoxy) is 3. The highest BCUT2D eigenvalue weighted by molar-refractivity contribution is 5.70. The number of unbranched alkanes of at least 4 members (excludes halogenated alkanes) is 23. The standard InChI is InChI=1S/C59H103NO7/c1-6-8-10-12-14-16-18-20-22-24-26-28-29-30-32-33-35-37-39-41-43-45-47-49-57(61)66-54-55(53-65-52-51-56(59(63)64)60(3,4)5)67-58(62)50-48-46-44-42-40-38-36-34-31-27-25-23-21-19-17-15-13-11-9-7-2/h8,10,14,16,20,22,26-28,30-32,55-56H,6-7,9,11-13,15,17-19,21,23-25,29,33-54H2,1-5H3/b10-8+,16-14+,22-20+,28-26+,31-27+,32-30+. The van der Waals surface area contributed by atoms with Crippen LogP contribution in [0.15, 0.2) is 72.9 Å². The van der Waals surface area contributed by atoms with E-state index in [1.165, 1.54) is 122 Å². The molecule has 0 heterocycles. The molecule has 386 valence electrons. The third-order valence-corrected chi connectivity index (χ3v) is 12.1. The normalized spacial score (nSPS) is 13.4. The Kier molecular flexibility index (Phi) is 46.8. The summed E-state index contributed by atoms with van der Waals surface area (Å²) < 4.78 is 17.3. The molecule has 0 N–H and O–H groups in total. The Morgan fingerprint density at radius 3 is 1.25 bits per heavy atom. The summed E-state index contributed by atoms with van der Waals surface area (Å²) in [4.78, 5) is 37.1. The SMILES string of the molecule is CC/C=C/C/C=C/C/C=C/C/C=C/C/C=C/CCCCCCCCCC(=O)OCC(COCCC(C(=O)[O-])[N+](C)(C)C)OC(=O)CCCCCCCCC/C=C/CCCCCCCCCCC. The monoisotopic (exact) mass is 938 g/mol. The number of aliphatic carboxylic acids is 1. The van der Waals surface area contributed by atoms with Gasteiger partial charge in [-0.25, -0.2) is 0 Å². The molecule has 0 radical (unpaired) electrons. The van der Waals surface area contributed by atoms with Gasteiger partial charge in [-0.15, -0.1) is 0 Å². The molecule has 8 heteroatoms. The predicted molar refractivity (Wildman–Crippen MR) is 282 cm³/mol. The highest BCUT2D eigenvalue weighted by Crippen LogP contribution is 2.15. The number of likely N-dealkylation sites (N-methyl/N-ethyl adjacent to an activating group) is 1. The summed E-state index contributed by atoms with van der Waals surface area (Å²) in [5, 5.41) is 11.7. The van der Waals surface area contributed by atoms with E-state index in [-0.39, 0.29) is 42.7 Å². The quantitative estimate of drug-likeness (QED) is 0.0259. The number of carboxylic acid groups (broad SMARTS) is 1. The second-order valence-electron chi connectivity index (χ2n) is 19.4. The lowest BCUT2D eigenvalue weighted by molar-refractivity contribution is -0.889. The van der Waals surface area contributed by atoms with E-state index in [1.54, 1.807) is 21.1 Å². The van der Waals surface area contributed by atoms with Crippen LogP contribution in [0.3, 0.4) is 0 Å². The average molecular weight is 938 g/mol. The summed E-state index contributed by atoms with van der Waals surface area (Å²) in [7, 11) is 5.41. The van der Waals surface area contributed by atoms with Crippen molar-refractivity contribution in [3.63, 3.8) is 0 Å². The lowest BCUT2D eigenvalue weighted by atomic mass is 10.1. The van der Waals surface area contributed by atoms with Crippen molar-refractivity contribution in [3.8, 4) is 0 Å². The molecule has 0 spiro atoms. The first kappa shape index (κ1) is 63.8. The fraction of sp³-hybridized carbons (Fsp3) is 0.746. The van der Waals surface area contributed by atoms with Gasteiger partial charge in [-0.2, -0.15) is 0 Å². The van der Waals surface area contributed by atoms with Gasteiger partial charge >= 0.3 is 11.9 Å². The number of carboxylic acids is 1. The molecule has 0 aromatic heterocycles. The summed E-state index contributed by atoms with van der Waals surface area (Å²) in [6.45, 7) is 4.55. The zero-order chi connectivity index (χ0) is 49.2. The van der Waals surface area contributed by atoms with Crippen LogP contribution in [0, 0.1) is 0 Å². The van der Waals surface area contributed by atoms with E-state index < -0.39 is 18.1 Å². The zero-order valence-corrected chi connectivity index (χ0v) is 44.1. The first-order chi connectivity index (χ1) is 32.6. The van der Waals surface area contributed by atoms with Crippen molar-refractivity contribution in [2.24, 2.45) is 0 Å². The summed E-state index contributed by atoms with van der Waals surface area (Å²) in [5.74, 6) is -1.75. The summed E-state index contributed by atoms with van der Waals surface area (Å²) in [6.07, 6.45) is 63.6. The molecule has 67 heavy (non-hydrogen) atoms. The van der Waals surface area contributed by atoms with Crippen molar-refractivity contribution in [2.75, 3.05) is 41.0 Å². The molecule has 0 saturated heterocycles. The number of hydrogen-bond donors (Lipinski definition) is 0. The molecular weight excluding hydrogens is 835 g/mol. The van der Waals surface area contributed by atoms with Crippen molar-refractivity contribution >= 4 is 17.9 Å². The van der Waals surface area contributed by atoms with Gasteiger partial charge in [-0.05, 0) is 83.5 Å². The number of esters is 2.